The Balaban J connectivity index is 2.41. The largest absolute Gasteiger partial charge is 0.352 e. The van der Waals surface area contributed by atoms with Crippen molar-refractivity contribution >= 4 is 5.91 Å². The van der Waals surface area contributed by atoms with E-state index >= 15 is 0 Å². The number of carbonyl (C=O) groups is 1. The molecule has 1 unspecified atom stereocenters. The maximum atomic E-state index is 12.1. The highest BCUT2D eigenvalue weighted by molar-refractivity contribution is 5.82. The number of unbranched alkanes of at least 4 members (excludes halogenated alkanes) is 1. The van der Waals surface area contributed by atoms with Gasteiger partial charge in [0.1, 0.15) is 0 Å². The van der Waals surface area contributed by atoms with E-state index in [1.807, 2.05) is 0 Å². The molecule has 0 aliphatic heterocycles. The van der Waals surface area contributed by atoms with Crippen molar-refractivity contribution in [1.29, 1.82) is 0 Å². The van der Waals surface area contributed by atoms with Gasteiger partial charge in [-0.05, 0) is 19.3 Å². The van der Waals surface area contributed by atoms with Gasteiger partial charge in [0.05, 0.1) is 0 Å². The van der Waals surface area contributed by atoms with Crippen molar-refractivity contribution < 1.29 is 4.79 Å². The number of rotatable bonds is 6. The van der Waals surface area contributed by atoms with E-state index in [-0.39, 0.29) is 17.4 Å². The molecule has 0 bridgehead atoms. The van der Waals surface area contributed by atoms with Gasteiger partial charge in [0.15, 0.2) is 0 Å². The van der Waals surface area contributed by atoms with Gasteiger partial charge in [-0.15, -0.1) is 0 Å². The van der Waals surface area contributed by atoms with Crippen LogP contribution in [0.25, 0.3) is 0 Å². The zero-order valence-corrected chi connectivity index (χ0v) is 10.7. The van der Waals surface area contributed by atoms with E-state index in [1.54, 1.807) is 0 Å². The summed E-state index contributed by atoms with van der Waals surface area (Å²) in [5, 5.41) is 3.12. The van der Waals surface area contributed by atoms with Gasteiger partial charge in [-0.3, -0.25) is 4.79 Å². The first-order chi connectivity index (χ1) is 7.62. The summed E-state index contributed by atoms with van der Waals surface area (Å²) in [5.74, 6) is 0.219. The minimum atomic E-state index is -0.125. The van der Waals surface area contributed by atoms with Crippen LogP contribution in [0.1, 0.15) is 58.8 Å². The summed E-state index contributed by atoms with van der Waals surface area (Å²) in [6.45, 7) is 4.80. The van der Waals surface area contributed by atoms with Crippen LogP contribution >= 0.6 is 0 Å². The van der Waals surface area contributed by atoms with Crippen LogP contribution in [-0.4, -0.2) is 18.5 Å². The molecular formula is C13H26N2O. The molecule has 1 atom stereocenters. The molecule has 1 rings (SSSR count). The Bertz CT molecular complexity index is 222. The molecule has 3 N–H and O–H groups in total. The lowest BCUT2D eigenvalue weighted by Gasteiger charge is -2.26. The standard InChI is InChI=1S/C13H26N2O/c1-3-4-7-11(10-14)15-12(16)13(2)8-5-6-9-13/h11H,3-10,14H2,1-2H3,(H,15,16). The highest BCUT2D eigenvalue weighted by Gasteiger charge is 2.36. The van der Waals surface area contributed by atoms with Crippen molar-refractivity contribution in [2.45, 2.75) is 64.8 Å². The summed E-state index contributed by atoms with van der Waals surface area (Å²) in [7, 11) is 0. The van der Waals surface area contributed by atoms with Crippen LogP contribution in [0.3, 0.4) is 0 Å². The molecule has 0 aromatic carbocycles. The van der Waals surface area contributed by atoms with Crippen LogP contribution in [0, 0.1) is 5.41 Å². The Kier molecular flexibility index (Phi) is 5.26. The smallest absolute Gasteiger partial charge is 0.226 e. The van der Waals surface area contributed by atoms with Crippen molar-refractivity contribution in [2.75, 3.05) is 6.54 Å². The van der Waals surface area contributed by atoms with E-state index in [9.17, 15) is 4.79 Å². The molecule has 16 heavy (non-hydrogen) atoms. The summed E-state index contributed by atoms with van der Waals surface area (Å²) in [4.78, 5) is 12.1. The second-order valence-electron chi connectivity index (χ2n) is 5.32. The first-order valence-electron chi connectivity index (χ1n) is 6.63. The number of amides is 1. The fraction of sp³-hybridized carbons (Fsp3) is 0.923. The predicted molar refractivity (Wildman–Crippen MR) is 67.1 cm³/mol. The van der Waals surface area contributed by atoms with Gasteiger partial charge in [0.2, 0.25) is 5.91 Å². The molecule has 0 radical (unpaired) electrons. The molecule has 1 fully saturated rings. The Hall–Kier alpha value is -0.570. The molecule has 0 spiro atoms. The molecule has 0 saturated heterocycles. The number of hydrogen-bond acceptors (Lipinski definition) is 2. The maximum Gasteiger partial charge on any atom is 0.226 e. The Morgan fingerprint density at radius 2 is 2.06 bits per heavy atom. The number of nitrogens with one attached hydrogen (secondary N) is 1. The summed E-state index contributed by atoms with van der Waals surface area (Å²) >= 11 is 0. The Morgan fingerprint density at radius 1 is 1.44 bits per heavy atom. The average Bonchev–Trinajstić information content (AvgIpc) is 2.72. The molecule has 1 aliphatic rings. The minimum Gasteiger partial charge on any atom is -0.352 e. The van der Waals surface area contributed by atoms with Crippen LogP contribution in [-0.2, 0) is 4.79 Å². The molecule has 0 heterocycles. The summed E-state index contributed by atoms with van der Waals surface area (Å²) < 4.78 is 0. The molecule has 3 heteroatoms. The Labute approximate surface area is 99.2 Å². The lowest BCUT2D eigenvalue weighted by Crippen LogP contribution is -2.46. The fourth-order valence-electron chi connectivity index (χ4n) is 2.44. The number of hydrogen-bond donors (Lipinski definition) is 2. The van der Waals surface area contributed by atoms with Gasteiger partial charge in [0, 0.05) is 18.0 Å². The third-order valence-corrected chi connectivity index (χ3v) is 3.78. The molecule has 1 saturated carbocycles. The minimum absolute atomic E-state index is 0.125. The summed E-state index contributed by atoms with van der Waals surface area (Å²) in [6, 6.07) is 0.171. The summed E-state index contributed by atoms with van der Waals surface area (Å²) in [5.41, 5.74) is 5.56. The van der Waals surface area contributed by atoms with Gasteiger partial charge < -0.3 is 11.1 Å². The maximum absolute atomic E-state index is 12.1. The average molecular weight is 226 g/mol. The molecule has 1 aliphatic carbocycles. The van der Waals surface area contributed by atoms with Crippen LogP contribution in [0.15, 0.2) is 0 Å². The van der Waals surface area contributed by atoms with E-state index in [0.29, 0.717) is 6.54 Å². The first-order valence-corrected chi connectivity index (χ1v) is 6.63. The van der Waals surface area contributed by atoms with Crippen molar-refractivity contribution in [1.82, 2.24) is 5.32 Å². The molecule has 94 valence electrons. The van der Waals surface area contributed by atoms with E-state index in [1.165, 1.54) is 12.8 Å². The number of carbonyl (C=O) groups excluding carboxylic acids is 1. The SMILES string of the molecule is CCCCC(CN)NC(=O)C1(C)CCCC1. The first kappa shape index (κ1) is 13.5. The highest BCUT2D eigenvalue weighted by atomic mass is 16.2. The van der Waals surface area contributed by atoms with Crippen LogP contribution in [0.5, 0.6) is 0 Å². The molecule has 0 aromatic heterocycles. The van der Waals surface area contributed by atoms with Gasteiger partial charge in [0.25, 0.3) is 0 Å². The van der Waals surface area contributed by atoms with E-state index < -0.39 is 0 Å². The van der Waals surface area contributed by atoms with E-state index in [4.69, 9.17) is 5.73 Å². The van der Waals surface area contributed by atoms with Gasteiger partial charge in [-0.25, -0.2) is 0 Å². The summed E-state index contributed by atoms with van der Waals surface area (Å²) in [6.07, 6.45) is 7.74. The molecule has 3 nitrogen and oxygen atoms in total. The second-order valence-corrected chi connectivity index (χ2v) is 5.32. The number of nitrogens with two attached hydrogens (primary N) is 1. The third-order valence-electron chi connectivity index (χ3n) is 3.78. The lowest BCUT2D eigenvalue weighted by atomic mass is 9.87. The van der Waals surface area contributed by atoms with Gasteiger partial charge >= 0.3 is 0 Å². The van der Waals surface area contributed by atoms with Crippen molar-refractivity contribution in [2.24, 2.45) is 11.1 Å². The highest BCUT2D eigenvalue weighted by Crippen LogP contribution is 2.37. The van der Waals surface area contributed by atoms with Crippen molar-refractivity contribution in [3.05, 3.63) is 0 Å². The van der Waals surface area contributed by atoms with Gasteiger partial charge in [-0.1, -0.05) is 39.5 Å². The molecule has 1 amide bonds. The zero-order valence-electron chi connectivity index (χ0n) is 10.7. The van der Waals surface area contributed by atoms with E-state index in [0.717, 1.165) is 32.1 Å². The monoisotopic (exact) mass is 226 g/mol. The normalized spacial score (nSPS) is 20.7. The van der Waals surface area contributed by atoms with E-state index in [2.05, 4.69) is 19.2 Å². The van der Waals surface area contributed by atoms with Gasteiger partial charge in [-0.2, -0.15) is 0 Å². The zero-order chi connectivity index (χ0) is 12.0. The third kappa shape index (κ3) is 3.48. The van der Waals surface area contributed by atoms with Crippen molar-refractivity contribution in [3.63, 3.8) is 0 Å². The molecular weight excluding hydrogens is 200 g/mol. The quantitative estimate of drug-likeness (QED) is 0.729. The predicted octanol–water partition coefficient (Wildman–Crippen LogP) is 2.20. The van der Waals surface area contributed by atoms with Crippen molar-refractivity contribution in [3.8, 4) is 0 Å². The lowest BCUT2D eigenvalue weighted by molar-refractivity contribution is -0.130. The Morgan fingerprint density at radius 3 is 2.56 bits per heavy atom. The van der Waals surface area contributed by atoms with Crippen LogP contribution < -0.4 is 11.1 Å². The van der Waals surface area contributed by atoms with Crippen LogP contribution in [0.2, 0.25) is 0 Å². The van der Waals surface area contributed by atoms with Crippen LogP contribution in [0.4, 0.5) is 0 Å². The topological polar surface area (TPSA) is 55.1 Å². The fourth-order valence-corrected chi connectivity index (χ4v) is 2.44. The molecule has 0 aromatic rings. The second kappa shape index (κ2) is 6.24.